The molecule has 0 saturated heterocycles. The van der Waals surface area contributed by atoms with E-state index < -0.39 is 5.91 Å². The van der Waals surface area contributed by atoms with Gasteiger partial charge in [-0.25, -0.2) is 4.98 Å². The first-order valence-corrected chi connectivity index (χ1v) is 6.22. The van der Waals surface area contributed by atoms with Gasteiger partial charge in [-0.1, -0.05) is 30.4 Å². The Bertz CT molecular complexity index is 547. The summed E-state index contributed by atoms with van der Waals surface area (Å²) in [5.74, 6) is -0.473. The number of hydrogen-bond donors (Lipinski definition) is 1. The summed E-state index contributed by atoms with van der Waals surface area (Å²) in [6, 6.07) is 0. The first kappa shape index (κ1) is 13.9. The minimum atomic E-state index is -0.473. The van der Waals surface area contributed by atoms with Gasteiger partial charge < -0.3 is 0 Å². The Morgan fingerprint density at radius 2 is 2.28 bits per heavy atom. The number of thiazole rings is 1. The molecule has 0 saturated carbocycles. The number of hydrogen-bond acceptors (Lipinski definition) is 4. The smallest absolute Gasteiger partial charge is 0.265 e. The molecule has 5 heteroatoms. The maximum atomic E-state index is 11.4. The summed E-state index contributed by atoms with van der Waals surface area (Å²) in [5.41, 5.74) is 1.64. The predicted octanol–water partition coefficient (Wildman–Crippen LogP) is 2.89. The number of nitriles is 1. The van der Waals surface area contributed by atoms with Crippen molar-refractivity contribution in [2.45, 2.75) is 13.8 Å². The van der Waals surface area contributed by atoms with Gasteiger partial charge in [-0.2, -0.15) is 5.26 Å². The summed E-state index contributed by atoms with van der Waals surface area (Å²) < 4.78 is 0. The molecule has 0 atom stereocenters. The number of carbonyl (C=O) groups is 1. The van der Waals surface area contributed by atoms with Crippen LogP contribution in [0.2, 0.25) is 0 Å². The van der Waals surface area contributed by atoms with Crippen LogP contribution in [0.15, 0.2) is 35.8 Å². The van der Waals surface area contributed by atoms with Crippen LogP contribution in [0, 0.1) is 11.5 Å². The highest BCUT2D eigenvalue weighted by atomic mass is 32.1. The average Bonchev–Trinajstić information content (AvgIpc) is 2.84. The fourth-order valence-corrected chi connectivity index (χ4v) is 1.94. The molecule has 1 aromatic heterocycles. The molecule has 1 heterocycles. The van der Waals surface area contributed by atoms with Crippen molar-refractivity contribution < 1.29 is 4.79 Å². The summed E-state index contributed by atoms with van der Waals surface area (Å²) in [7, 11) is 0. The van der Waals surface area contributed by atoms with Gasteiger partial charge in [0.2, 0.25) is 0 Å². The second-order valence-corrected chi connectivity index (χ2v) is 4.11. The number of aromatic nitrogens is 1. The lowest BCUT2D eigenvalue weighted by atomic mass is 10.1. The molecule has 1 aromatic rings. The van der Waals surface area contributed by atoms with Gasteiger partial charge in [0.15, 0.2) is 11.2 Å². The van der Waals surface area contributed by atoms with Crippen LogP contribution in [0.4, 0.5) is 0 Å². The monoisotopic (exact) mass is 259 g/mol. The average molecular weight is 259 g/mol. The topological polar surface area (TPSA) is 65.8 Å². The first-order valence-electron chi connectivity index (χ1n) is 5.34. The van der Waals surface area contributed by atoms with Crippen molar-refractivity contribution in [2.75, 3.05) is 0 Å². The highest BCUT2D eigenvalue weighted by Crippen LogP contribution is 2.19. The van der Waals surface area contributed by atoms with Crippen LogP contribution in [-0.2, 0) is 0 Å². The van der Waals surface area contributed by atoms with Gasteiger partial charge in [-0.05, 0) is 13.8 Å². The normalized spacial score (nSPS) is 11.9. The molecule has 1 N–H and O–H groups in total. The van der Waals surface area contributed by atoms with Crippen LogP contribution >= 0.6 is 11.3 Å². The Morgan fingerprint density at radius 3 is 2.89 bits per heavy atom. The Kier molecular flexibility index (Phi) is 5.55. The predicted molar refractivity (Wildman–Crippen MR) is 72.8 cm³/mol. The van der Waals surface area contributed by atoms with E-state index in [-0.39, 0.29) is 5.01 Å². The maximum absolute atomic E-state index is 11.4. The van der Waals surface area contributed by atoms with Crippen LogP contribution in [0.3, 0.4) is 0 Å². The van der Waals surface area contributed by atoms with E-state index >= 15 is 0 Å². The SMILES string of the molecule is C\C=C/C(=C\C=C\C)c1csc(C(=O)NC#N)n1. The van der Waals surface area contributed by atoms with Gasteiger partial charge in [0, 0.05) is 11.0 Å². The van der Waals surface area contributed by atoms with Gasteiger partial charge in [0.05, 0.1) is 5.69 Å². The van der Waals surface area contributed by atoms with Crippen molar-refractivity contribution in [1.82, 2.24) is 10.3 Å². The molecule has 0 radical (unpaired) electrons. The van der Waals surface area contributed by atoms with Crippen molar-refractivity contribution in [3.63, 3.8) is 0 Å². The second-order valence-electron chi connectivity index (χ2n) is 3.25. The van der Waals surface area contributed by atoms with E-state index in [1.807, 2.05) is 44.2 Å². The molecule has 0 aliphatic heterocycles. The van der Waals surface area contributed by atoms with E-state index in [1.165, 1.54) is 11.3 Å². The van der Waals surface area contributed by atoms with Crippen molar-refractivity contribution in [3.8, 4) is 6.19 Å². The molecule has 0 unspecified atom stereocenters. The van der Waals surface area contributed by atoms with Gasteiger partial charge in [0.25, 0.3) is 5.91 Å². The van der Waals surface area contributed by atoms with Crippen molar-refractivity contribution >= 4 is 22.8 Å². The number of nitrogens with one attached hydrogen (secondary N) is 1. The number of allylic oxidation sites excluding steroid dienone is 6. The van der Waals surface area contributed by atoms with Gasteiger partial charge in [0.1, 0.15) is 0 Å². The number of carbonyl (C=O) groups excluding carboxylic acids is 1. The van der Waals surface area contributed by atoms with Crippen LogP contribution < -0.4 is 5.32 Å². The van der Waals surface area contributed by atoms with E-state index in [9.17, 15) is 4.79 Å². The molecule has 92 valence electrons. The molecule has 0 aliphatic carbocycles. The largest absolute Gasteiger partial charge is 0.293 e. The fraction of sp³-hybridized carbons (Fsp3) is 0.154. The Hall–Kier alpha value is -2.19. The molecule has 0 spiro atoms. The minimum Gasteiger partial charge on any atom is -0.265 e. The van der Waals surface area contributed by atoms with E-state index in [1.54, 1.807) is 11.6 Å². The molecule has 1 amide bonds. The van der Waals surface area contributed by atoms with Crippen molar-refractivity contribution in [1.29, 1.82) is 5.26 Å². The molecular formula is C13H13N3OS. The minimum absolute atomic E-state index is 0.280. The van der Waals surface area contributed by atoms with Crippen molar-refractivity contribution in [2.24, 2.45) is 0 Å². The second kappa shape index (κ2) is 7.20. The standard InChI is InChI=1S/C13H13N3OS/c1-3-5-7-10(6-4-2)11-8-18-13(16-11)12(17)15-9-14/h3-8H,1-2H3,(H,15,17)/b5-3+,6-4-,10-7+. The maximum Gasteiger partial charge on any atom is 0.293 e. The lowest BCUT2D eigenvalue weighted by Gasteiger charge is -1.95. The Balaban J connectivity index is 3.02. The molecule has 0 aliphatic rings. The zero-order chi connectivity index (χ0) is 13.4. The quantitative estimate of drug-likeness (QED) is 0.513. The Labute approximate surface area is 110 Å². The summed E-state index contributed by atoms with van der Waals surface area (Å²) in [4.78, 5) is 15.6. The Morgan fingerprint density at radius 1 is 1.50 bits per heavy atom. The molecule has 18 heavy (non-hydrogen) atoms. The summed E-state index contributed by atoms with van der Waals surface area (Å²) in [5, 5.41) is 12.5. The lowest BCUT2D eigenvalue weighted by molar-refractivity contribution is 0.0972. The molecule has 4 nitrogen and oxygen atoms in total. The van der Waals surface area contributed by atoms with E-state index in [0.717, 1.165) is 11.3 Å². The third-order valence-corrected chi connectivity index (χ3v) is 2.82. The summed E-state index contributed by atoms with van der Waals surface area (Å²) >= 11 is 1.21. The van der Waals surface area contributed by atoms with Gasteiger partial charge in [-0.15, -0.1) is 11.3 Å². The van der Waals surface area contributed by atoms with Gasteiger partial charge >= 0.3 is 0 Å². The van der Waals surface area contributed by atoms with Crippen LogP contribution in [-0.4, -0.2) is 10.9 Å². The van der Waals surface area contributed by atoms with Crippen LogP contribution in [0.25, 0.3) is 5.57 Å². The molecule has 1 rings (SSSR count). The summed E-state index contributed by atoms with van der Waals surface area (Å²) in [6.45, 7) is 3.84. The zero-order valence-corrected chi connectivity index (χ0v) is 11.0. The number of rotatable bonds is 4. The molecule has 0 fully saturated rings. The van der Waals surface area contributed by atoms with Crippen LogP contribution in [0.1, 0.15) is 29.3 Å². The number of amides is 1. The van der Waals surface area contributed by atoms with Crippen LogP contribution in [0.5, 0.6) is 0 Å². The molecule has 0 aromatic carbocycles. The highest BCUT2D eigenvalue weighted by molar-refractivity contribution is 7.11. The molecular weight excluding hydrogens is 246 g/mol. The summed E-state index contributed by atoms with van der Waals surface area (Å²) in [6.07, 6.45) is 11.2. The zero-order valence-electron chi connectivity index (χ0n) is 10.2. The van der Waals surface area contributed by atoms with E-state index in [4.69, 9.17) is 5.26 Å². The third-order valence-electron chi connectivity index (χ3n) is 1.98. The van der Waals surface area contributed by atoms with Crippen molar-refractivity contribution in [3.05, 3.63) is 46.5 Å². The number of nitrogens with zero attached hydrogens (tertiary/aromatic N) is 2. The lowest BCUT2D eigenvalue weighted by Crippen LogP contribution is -2.16. The third kappa shape index (κ3) is 3.68. The van der Waals surface area contributed by atoms with E-state index in [0.29, 0.717) is 0 Å². The van der Waals surface area contributed by atoms with Gasteiger partial charge in [-0.3, -0.25) is 10.1 Å². The first-order chi connectivity index (χ1) is 8.72. The van der Waals surface area contributed by atoms with E-state index in [2.05, 4.69) is 10.3 Å². The fourth-order valence-electron chi connectivity index (χ4n) is 1.22. The molecule has 0 bridgehead atoms. The highest BCUT2D eigenvalue weighted by Gasteiger charge is 2.11.